The first-order valence-electron chi connectivity index (χ1n) is 6.26. The van der Waals surface area contributed by atoms with Gasteiger partial charge in [-0.15, -0.1) is 24.0 Å². The van der Waals surface area contributed by atoms with Crippen LogP contribution >= 0.6 is 24.0 Å². The zero-order chi connectivity index (χ0) is 13.9. The summed E-state index contributed by atoms with van der Waals surface area (Å²) in [5, 5.41) is 7.86. The van der Waals surface area contributed by atoms with Gasteiger partial charge in [0.05, 0.1) is 5.69 Å². The molecule has 110 valence electrons. The number of nitrogens with zero attached hydrogens (tertiary/aromatic N) is 4. The monoisotopic (exact) mass is 379 g/mol. The number of halogens is 1. The summed E-state index contributed by atoms with van der Waals surface area (Å²) in [5.74, 6) is 0.904. The highest BCUT2D eigenvalue weighted by molar-refractivity contribution is 14.0. The highest BCUT2D eigenvalue weighted by Gasteiger charge is 2.14. The number of aliphatic imine (C=N–C) groups is 1. The second-order valence-corrected chi connectivity index (χ2v) is 4.96. The largest absolute Gasteiger partial charge is 0.353 e. The Balaban J connectivity index is 0.00000324. The molecule has 6 heteroatoms. The highest BCUT2D eigenvalue weighted by atomic mass is 127. The summed E-state index contributed by atoms with van der Waals surface area (Å²) in [4.78, 5) is 6.22. The molecule has 0 aliphatic carbocycles. The quantitative estimate of drug-likeness (QED) is 0.494. The van der Waals surface area contributed by atoms with Crippen LogP contribution in [0.15, 0.2) is 4.99 Å². The highest BCUT2D eigenvalue weighted by Crippen LogP contribution is 2.14. The van der Waals surface area contributed by atoms with Crippen LogP contribution in [0.4, 0.5) is 0 Å². The van der Waals surface area contributed by atoms with Crippen molar-refractivity contribution in [2.75, 3.05) is 21.1 Å². The van der Waals surface area contributed by atoms with Crippen LogP contribution in [0.1, 0.15) is 23.9 Å². The smallest absolute Gasteiger partial charge is 0.193 e. The molecule has 1 aromatic rings. The number of hydrogen-bond acceptors (Lipinski definition) is 2. The van der Waals surface area contributed by atoms with Gasteiger partial charge in [-0.25, -0.2) is 0 Å². The molecule has 1 unspecified atom stereocenters. The van der Waals surface area contributed by atoms with Crippen molar-refractivity contribution in [3.63, 3.8) is 0 Å². The fourth-order valence-electron chi connectivity index (χ4n) is 2.08. The Morgan fingerprint density at radius 3 is 2.37 bits per heavy atom. The third-order valence-electron chi connectivity index (χ3n) is 3.18. The summed E-state index contributed by atoms with van der Waals surface area (Å²) in [5.41, 5.74) is 3.68. The summed E-state index contributed by atoms with van der Waals surface area (Å²) < 4.78 is 1.94. The summed E-state index contributed by atoms with van der Waals surface area (Å²) in [6.45, 7) is 6.35. The van der Waals surface area contributed by atoms with Crippen molar-refractivity contribution in [2.45, 2.75) is 33.2 Å². The van der Waals surface area contributed by atoms with Crippen LogP contribution in [-0.2, 0) is 13.5 Å². The predicted molar refractivity (Wildman–Crippen MR) is 91.4 cm³/mol. The average molecular weight is 379 g/mol. The number of aromatic nitrogens is 2. The Labute approximate surface area is 133 Å². The molecule has 1 rings (SSSR count). The van der Waals surface area contributed by atoms with Crippen LogP contribution < -0.4 is 5.32 Å². The molecular weight excluding hydrogens is 353 g/mol. The van der Waals surface area contributed by atoms with Crippen LogP contribution in [0.2, 0.25) is 0 Å². The van der Waals surface area contributed by atoms with Gasteiger partial charge in [-0.2, -0.15) is 5.10 Å². The molecule has 0 aliphatic rings. The predicted octanol–water partition coefficient (Wildman–Crippen LogP) is 1.72. The number of rotatable bonds is 3. The summed E-state index contributed by atoms with van der Waals surface area (Å²) >= 11 is 0. The Morgan fingerprint density at radius 2 is 2.00 bits per heavy atom. The molecule has 0 aromatic carbocycles. The lowest BCUT2D eigenvalue weighted by Gasteiger charge is -2.21. The molecule has 0 radical (unpaired) electrons. The van der Waals surface area contributed by atoms with Crippen molar-refractivity contribution in [2.24, 2.45) is 12.0 Å². The van der Waals surface area contributed by atoms with Gasteiger partial charge >= 0.3 is 0 Å². The summed E-state index contributed by atoms with van der Waals surface area (Å²) in [7, 11) is 7.77. The number of nitrogens with one attached hydrogen (secondary N) is 1. The van der Waals surface area contributed by atoms with Crippen LogP contribution in [-0.4, -0.2) is 47.8 Å². The fraction of sp³-hybridized carbons (Fsp3) is 0.692. The first-order chi connectivity index (χ1) is 8.36. The molecule has 0 aliphatic heterocycles. The average Bonchev–Trinajstić information content (AvgIpc) is 2.52. The second kappa shape index (κ2) is 7.72. The van der Waals surface area contributed by atoms with Gasteiger partial charge in [0.1, 0.15) is 0 Å². The minimum absolute atomic E-state index is 0. The van der Waals surface area contributed by atoms with E-state index in [9.17, 15) is 0 Å². The SMILES string of the molecule is CN=C(NC(C)Cc1c(C)nn(C)c1C)N(C)C.I. The van der Waals surface area contributed by atoms with E-state index in [-0.39, 0.29) is 24.0 Å². The molecule has 19 heavy (non-hydrogen) atoms. The molecule has 0 bridgehead atoms. The molecule has 1 aromatic heterocycles. The Morgan fingerprint density at radius 1 is 1.42 bits per heavy atom. The maximum absolute atomic E-state index is 4.45. The minimum atomic E-state index is 0. The number of hydrogen-bond donors (Lipinski definition) is 1. The van der Waals surface area contributed by atoms with Crippen molar-refractivity contribution in [3.05, 3.63) is 17.0 Å². The van der Waals surface area contributed by atoms with Gasteiger partial charge in [-0.05, 0) is 32.8 Å². The maximum Gasteiger partial charge on any atom is 0.193 e. The summed E-state index contributed by atoms with van der Waals surface area (Å²) in [6, 6.07) is 0.327. The standard InChI is InChI=1S/C13H25N5.HI/c1-9(15-13(14-4)17(5)6)8-12-10(2)16-18(7)11(12)3;/h9H,8H2,1-7H3,(H,14,15);1H. The van der Waals surface area contributed by atoms with Crippen molar-refractivity contribution >= 4 is 29.9 Å². The topological polar surface area (TPSA) is 45.5 Å². The molecule has 0 saturated heterocycles. The first kappa shape index (κ1) is 18.2. The van der Waals surface area contributed by atoms with Crippen LogP contribution in [0.25, 0.3) is 0 Å². The summed E-state index contributed by atoms with van der Waals surface area (Å²) in [6.07, 6.45) is 0.957. The Bertz CT molecular complexity index is 436. The van der Waals surface area contributed by atoms with Gasteiger partial charge in [0.15, 0.2) is 5.96 Å². The van der Waals surface area contributed by atoms with E-state index in [1.165, 1.54) is 11.3 Å². The van der Waals surface area contributed by atoms with Gasteiger partial charge < -0.3 is 10.2 Å². The molecule has 1 heterocycles. The fourth-order valence-corrected chi connectivity index (χ4v) is 2.08. The third-order valence-corrected chi connectivity index (χ3v) is 3.18. The first-order valence-corrected chi connectivity index (χ1v) is 6.26. The maximum atomic E-state index is 4.45. The molecule has 1 N–H and O–H groups in total. The third kappa shape index (κ3) is 4.67. The number of guanidine groups is 1. The zero-order valence-electron chi connectivity index (χ0n) is 13.0. The van der Waals surface area contributed by atoms with Gasteiger partial charge in [-0.3, -0.25) is 9.67 Å². The van der Waals surface area contributed by atoms with Crippen molar-refractivity contribution in [1.82, 2.24) is 20.0 Å². The van der Waals surface area contributed by atoms with Gasteiger partial charge in [0, 0.05) is 39.9 Å². The van der Waals surface area contributed by atoms with Gasteiger partial charge in [0.2, 0.25) is 0 Å². The van der Waals surface area contributed by atoms with E-state index in [0.29, 0.717) is 6.04 Å². The molecular formula is C13H26IN5. The molecule has 1 atom stereocenters. The molecule has 0 amide bonds. The Kier molecular flexibility index (Phi) is 7.39. The minimum Gasteiger partial charge on any atom is -0.353 e. The van der Waals surface area contributed by atoms with E-state index in [1.807, 2.05) is 30.7 Å². The molecule has 0 spiro atoms. The Hall–Kier alpha value is -0.790. The van der Waals surface area contributed by atoms with E-state index in [4.69, 9.17) is 0 Å². The van der Waals surface area contributed by atoms with Crippen LogP contribution in [0.3, 0.4) is 0 Å². The lowest BCUT2D eigenvalue weighted by Crippen LogP contribution is -2.42. The molecule has 0 fully saturated rings. The van der Waals surface area contributed by atoms with E-state index < -0.39 is 0 Å². The van der Waals surface area contributed by atoms with E-state index >= 15 is 0 Å². The van der Waals surface area contributed by atoms with Crippen molar-refractivity contribution in [1.29, 1.82) is 0 Å². The second-order valence-electron chi connectivity index (χ2n) is 4.96. The van der Waals surface area contributed by atoms with Crippen molar-refractivity contribution in [3.8, 4) is 0 Å². The van der Waals surface area contributed by atoms with Crippen molar-refractivity contribution < 1.29 is 0 Å². The van der Waals surface area contributed by atoms with E-state index in [0.717, 1.165) is 18.1 Å². The molecule has 0 saturated carbocycles. The van der Waals surface area contributed by atoms with E-state index in [1.54, 1.807) is 7.05 Å². The lowest BCUT2D eigenvalue weighted by molar-refractivity contribution is 0.545. The number of aryl methyl sites for hydroxylation is 2. The zero-order valence-corrected chi connectivity index (χ0v) is 15.3. The normalized spacial score (nSPS) is 12.9. The van der Waals surface area contributed by atoms with E-state index in [2.05, 4.69) is 36.2 Å². The molecule has 5 nitrogen and oxygen atoms in total. The van der Waals surface area contributed by atoms with Crippen LogP contribution in [0.5, 0.6) is 0 Å². The van der Waals surface area contributed by atoms with Gasteiger partial charge in [0.25, 0.3) is 0 Å². The van der Waals surface area contributed by atoms with Gasteiger partial charge in [-0.1, -0.05) is 0 Å². The lowest BCUT2D eigenvalue weighted by atomic mass is 10.1. The van der Waals surface area contributed by atoms with Crippen LogP contribution in [0, 0.1) is 13.8 Å².